The molecule has 4 rings (SSSR count). The van der Waals surface area contributed by atoms with Gasteiger partial charge in [0.25, 0.3) is 5.56 Å². The van der Waals surface area contributed by atoms with Crippen LogP contribution in [0, 0.1) is 5.82 Å². The van der Waals surface area contributed by atoms with Crippen LogP contribution in [0.2, 0.25) is 0 Å². The van der Waals surface area contributed by atoms with Gasteiger partial charge in [-0.1, -0.05) is 48.3 Å². The van der Waals surface area contributed by atoms with Gasteiger partial charge in [-0.3, -0.25) is 4.79 Å². The van der Waals surface area contributed by atoms with Crippen molar-refractivity contribution < 1.29 is 13.9 Å². The predicted molar refractivity (Wildman–Crippen MR) is 120 cm³/mol. The van der Waals surface area contributed by atoms with E-state index in [1.165, 1.54) is 28.0 Å². The number of fused-ring (bicyclic) bond motifs is 1. The molecule has 0 atom stereocenters. The van der Waals surface area contributed by atoms with Crippen LogP contribution in [0.15, 0.2) is 59.9 Å². The molecule has 0 aliphatic heterocycles. The van der Waals surface area contributed by atoms with Gasteiger partial charge in [0.2, 0.25) is 4.96 Å². The fraction of sp³-hybridized carbons (Fsp3) is 0.0870. The predicted octanol–water partition coefficient (Wildman–Crippen LogP) is 3.58. The molecule has 0 N–H and O–H groups in total. The Morgan fingerprint density at radius 3 is 2.61 bits per heavy atom. The summed E-state index contributed by atoms with van der Waals surface area (Å²) in [6.07, 6.45) is 6.86. The van der Waals surface area contributed by atoms with Crippen LogP contribution in [0.5, 0.6) is 11.5 Å². The Labute approximate surface area is 181 Å². The minimum atomic E-state index is -0.297. The number of rotatable bonds is 7. The highest BCUT2D eigenvalue weighted by Crippen LogP contribution is 2.28. The molecular weight excluding hydrogens is 417 g/mol. The highest BCUT2D eigenvalue weighted by atomic mass is 32.1. The van der Waals surface area contributed by atoms with E-state index in [0.717, 1.165) is 11.1 Å². The quantitative estimate of drug-likeness (QED) is 0.415. The number of halogens is 1. The smallest absolute Gasteiger partial charge is 0.291 e. The number of methoxy groups -OCH3 is 1. The van der Waals surface area contributed by atoms with Crippen molar-refractivity contribution in [2.75, 3.05) is 13.7 Å². The van der Waals surface area contributed by atoms with Crippen LogP contribution in [0.3, 0.4) is 0 Å². The maximum absolute atomic E-state index is 13.0. The van der Waals surface area contributed by atoms with Gasteiger partial charge >= 0.3 is 0 Å². The van der Waals surface area contributed by atoms with Gasteiger partial charge in [-0.25, -0.2) is 4.39 Å². The zero-order valence-corrected chi connectivity index (χ0v) is 17.4. The summed E-state index contributed by atoms with van der Waals surface area (Å²) >= 11 is 1.25. The van der Waals surface area contributed by atoms with E-state index in [0.29, 0.717) is 33.4 Å². The minimum Gasteiger partial charge on any atom is -0.493 e. The highest BCUT2D eigenvalue weighted by molar-refractivity contribution is 7.15. The summed E-state index contributed by atoms with van der Waals surface area (Å²) in [5, 5.41) is 4.26. The third-order valence-corrected chi connectivity index (χ3v) is 5.29. The fourth-order valence-corrected chi connectivity index (χ4v) is 3.77. The van der Waals surface area contributed by atoms with Gasteiger partial charge in [0.05, 0.1) is 11.6 Å². The Kier molecular flexibility index (Phi) is 5.90. The van der Waals surface area contributed by atoms with E-state index in [1.807, 2.05) is 6.07 Å². The van der Waals surface area contributed by atoms with E-state index in [9.17, 15) is 9.18 Å². The molecule has 0 aliphatic carbocycles. The van der Waals surface area contributed by atoms with Crippen LogP contribution >= 0.6 is 11.3 Å². The second-order valence-corrected chi connectivity index (χ2v) is 7.48. The average Bonchev–Trinajstić information content (AvgIpc) is 3.31. The largest absolute Gasteiger partial charge is 0.493 e. The Morgan fingerprint density at radius 2 is 1.90 bits per heavy atom. The second-order valence-electron chi connectivity index (χ2n) is 6.48. The summed E-state index contributed by atoms with van der Waals surface area (Å²) in [5.74, 6) is 1.27. The van der Waals surface area contributed by atoms with E-state index in [2.05, 4.69) is 16.7 Å². The molecule has 0 bridgehead atoms. The first-order valence-corrected chi connectivity index (χ1v) is 10.2. The van der Waals surface area contributed by atoms with Crippen molar-refractivity contribution >= 4 is 34.5 Å². The lowest BCUT2D eigenvalue weighted by Gasteiger charge is -2.09. The normalized spacial score (nSPS) is 12.0. The van der Waals surface area contributed by atoms with E-state index in [4.69, 9.17) is 9.47 Å². The first-order valence-electron chi connectivity index (χ1n) is 9.34. The summed E-state index contributed by atoms with van der Waals surface area (Å²) < 4.78 is 25.7. The van der Waals surface area contributed by atoms with Crippen molar-refractivity contribution in [2.24, 2.45) is 0 Å². The molecule has 8 heteroatoms. The Morgan fingerprint density at radius 1 is 1.13 bits per heavy atom. The van der Waals surface area contributed by atoms with Crippen LogP contribution < -0.4 is 19.6 Å². The van der Waals surface area contributed by atoms with Crippen molar-refractivity contribution in [2.45, 2.75) is 0 Å². The molecule has 6 nitrogen and oxygen atoms in total. The number of hydrogen-bond acceptors (Lipinski definition) is 6. The Balaban J connectivity index is 1.62. The molecule has 2 aromatic carbocycles. The molecule has 156 valence electrons. The summed E-state index contributed by atoms with van der Waals surface area (Å²) in [6.45, 7) is 4.00. The van der Waals surface area contributed by atoms with E-state index < -0.39 is 0 Å². The van der Waals surface area contributed by atoms with Crippen LogP contribution in [0.1, 0.15) is 17.0 Å². The maximum Gasteiger partial charge on any atom is 0.291 e. The van der Waals surface area contributed by atoms with Gasteiger partial charge in [0.1, 0.15) is 12.4 Å². The Hall–Kier alpha value is -3.78. The summed E-state index contributed by atoms with van der Waals surface area (Å²) in [4.78, 5) is 17.6. The summed E-state index contributed by atoms with van der Waals surface area (Å²) in [6, 6.07) is 11.5. The van der Waals surface area contributed by atoms with Gasteiger partial charge < -0.3 is 9.47 Å². The SMILES string of the molecule is C=CCOc1ccc(/C=c2/sc3nc(/C=C/c4ccc(F)cc4)nn3c2=O)cc1OC. The number of ether oxygens (including phenoxy) is 2. The van der Waals surface area contributed by atoms with Crippen LogP contribution in [0.4, 0.5) is 4.39 Å². The molecule has 31 heavy (non-hydrogen) atoms. The van der Waals surface area contributed by atoms with Gasteiger partial charge in [-0.05, 0) is 47.5 Å². The van der Waals surface area contributed by atoms with Gasteiger partial charge in [-0.15, -0.1) is 5.10 Å². The number of nitrogens with zero attached hydrogens (tertiary/aromatic N) is 3. The van der Waals surface area contributed by atoms with Crippen molar-refractivity contribution in [1.29, 1.82) is 0 Å². The lowest BCUT2D eigenvalue weighted by molar-refractivity contribution is 0.326. The molecule has 4 aromatic rings. The number of aromatic nitrogens is 3. The monoisotopic (exact) mass is 435 g/mol. The van der Waals surface area contributed by atoms with Crippen molar-refractivity contribution in [3.63, 3.8) is 0 Å². The first kappa shape index (κ1) is 20.5. The first-order chi connectivity index (χ1) is 15.1. The molecule has 0 spiro atoms. The van der Waals surface area contributed by atoms with Crippen LogP contribution in [-0.4, -0.2) is 28.3 Å². The molecule has 0 aliphatic rings. The number of thiazole rings is 1. The molecule has 0 saturated carbocycles. The molecule has 0 saturated heterocycles. The molecule has 2 aromatic heterocycles. The number of benzene rings is 2. The zero-order chi connectivity index (χ0) is 21.8. The fourth-order valence-electron chi connectivity index (χ4n) is 2.86. The molecule has 0 amide bonds. The third-order valence-electron chi connectivity index (χ3n) is 4.34. The van der Waals surface area contributed by atoms with Crippen molar-refractivity contribution in [3.05, 3.63) is 92.8 Å². The average molecular weight is 435 g/mol. The van der Waals surface area contributed by atoms with E-state index in [-0.39, 0.29) is 11.4 Å². The summed E-state index contributed by atoms with van der Waals surface area (Å²) in [5.41, 5.74) is 1.35. The highest BCUT2D eigenvalue weighted by Gasteiger charge is 2.10. The zero-order valence-electron chi connectivity index (χ0n) is 16.6. The topological polar surface area (TPSA) is 65.7 Å². The second kappa shape index (κ2) is 8.93. The van der Waals surface area contributed by atoms with Crippen LogP contribution in [0.25, 0.3) is 23.2 Å². The number of hydrogen-bond donors (Lipinski definition) is 0. The van der Waals surface area contributed by atoms with Gasteiger partial charge in [0.15, 0.2) is 17.3 Å². The van der Waals surface area contributed by atoms with E-state index in [1.54, 1.807) is 55.7 Å². The van der Waals surface area contributed by atoms with Gasteiger partial charge in [-0.2, -0.15) is 9.50 Å². The van der Waals surface area contributed by atoms with Crippen LogP contribution in [-0.2, 0) is 0 Å². The van der Waals surface area contributed by atoms with E-state index >= 15 is 0 Å². The standard InChI is InChI=1S/C23H18FN3O3S/c1-3-12-30-18-10-6-16(13-19(18)29-2)14-20-22(28)27-23(31-20)25-21(26-27)11-7-15-4-8-17(24)9-5-15/h3-11,13-14H,1,12H2,2H3/b11-7+,20-14+. The lowest BCUT2D eigenvalue weighted by Crippen LogP contribution is -2.23. The Bertz CT molecular complexity index is 1370. The molecular formula is C23H18FN3O3S. The third kappa shape index (κ3) is 4.54. The van der Waals surface area contributed by atoms with Gasteiger partial charge in [0, 0.05) is 0 Å². The summed E-state index contributed by atoms with van der Waals surface area (Å²) in [7, 11) is 1.56. The molecule has 0 unspecified atom stereocenters. The lowest BCUT2D eigenvalue weighted by atomic mass is 10.2. The molecule has 0 radical (unpaired) electrons. The minimum absolute atomic E-state index is 0.250. The van der Waals surface area contributed by atoms with Crippen molar-refractivity contribution in [1.82, 2.24) is 14.6 Å². The molecule has 2 heterocycles. The molecule has 0 fully saturated rings. The van der Waals surface area contributed by atoms with Crippen molar-refractivity contribution in [3.8, 4) is 11.5 Å². The maximum atomic E-state index is 13.0.